The van der Waals surface area contributed by atoms with Gasteiger partial charge in [-0.25, -0.2) is 5.84 Å². The van der Waals surface area contributed by atoms with Crippen molar-refractivity contribution in [3.05, 3.63) is 0 Å². The lowest BCUT2D eigenvalue weighted by molar-refractivity contribution is 0.913. The van der Waals surface area contributed by atoms with Crippen molar-refractivity contribution < 1.29 is 0 Å². The number of nitrogen functional groups attached to an aromatic ring is 3. The second-order valence-corrected chi connectivity index (χ2v) is 2.23. The van der Waals surface area contributed by atoms with Crippen LogP contribution in [0.1, 0.15) is 0 Å². The zero-order valence-electron chi connectivity index (χ0n) is 6.47. The quantitative estimate of drug-likeness (QED) is 0.291. The van der Waals surface area contributed by atoms with Gasteiger partial charge in [0.15, 0.2) is 0 Å². The average Bonchev–Trinajstić information content (AvgIpc) is 2.47. The molecular formula is C4H7N9. The Labute approximate surface area is 71.9 Å². The van der Waals surface area contributed by atoms with Gasteiger partial charge in [-0.3, -0.25) is 5.43 Å². The number of nitrogens with two attached hydrogens (primary N) is 3. The normalized spacial score (nSPS) is 10.5. The van der Waals surface area contributed by atoms with Crippen molar-refractivity contribution >= 4 is 23.6 Å². The Hall–Kier alpha value is -2.16. The lowest BCUT2D eigenvalue weighted by Crippen LogP contribution is -2.09. The van der Waals surface area contributed by atoms with Gasteiger partial charge in [-0.15, -0.1) is 5.10 Å². The van der Waals surface area contributed by atoms with Crippen molar-refractivity contribution in [2.75, 3.05) is 16.9 Å². The van der Waals surface area contributed by atoms with Crippen LogP contribution in [-0.2, 0) is 0 Å². The van der Waals surface area contributed by atoms with Crippen LogP contribution in [0.4, 0.5) is 17.8 Å². The standard InChI is InChI=1S/C4H7N9/c5-1-8-2(6)13-4(9-1)10-3(11-7)12-13/h7H2,(H5,5,6,8,9,10,11,12). The summed E-state index contributed by atoms with van der Waals surface area (Å²) in [6.45, 7) is 0. The molecule has 2 heterocycles. The molecule has 2 rings (SSSR count). The minimum absolute atomic E-state index is 0.0426. The van der Waals surface area contributed by atoms with Crippen molar-refractivity contribution in [1.29, 1.82) is 0 Å². The van der Waals surface area contributed by atoms with Gasteiger partial charge in [0.1, 0.15) is 0 Å². The predicted molar refractivity (Wildman–Crippen MR) is 45.2 cm³/mol. The molecule has 0 fully saturated rings. The Balaban J connectivity index is 2.75. The fraction of sp³-hybridized carbons (Fsp3) is 0. The van der Waals surface area contributed by atoms with Gasteiger partial charge in [0.05, 0.1) is 0 Å². The summed E-state index contributed by atoms with van der Waals surface area (Å²) in [4.78, 5) is 11.3. The van der Waals surface area contributed by atoms with Gasteiger partial charge in [-0.1, -0.05) is 0 Å². The number of fused-ring (bicyclic) bond motifs is 1. The van der Waals surface area contributed by atoms with E-state index in [0.29, 0.717) is 0 Å². The third-order valence-electron chi connectivity index (χ3n) is 1.38. The monoisotopic (exact) mass is 181 g/mol. The van der Waals surface area contributed by atoms with E-state index in [2.05, 4.69) is 25.5 Å². The predicted octanol–water partition coefficient (Wildman–Crippen LogP) is -2.03. The molecule has 0 saturated carbocycles. The van der Waals surface area contributed by atoms with Crippen molar-refractivity contribution in [2.45, 2.75) is 0 Å². The van der Waals surface area contributed by atoms with Gasteiger partial charge in [-0.05, 0) is 0 Å². The van der Waals surface area contributed by atoms with E-state index in [9.17, 15) is 0 Å². The molecule has 13 heavy (non-hydrogen) atoms. The third-order valence-corrected chi connectivity index (χ3v) is 1.38. The Morgan fingerprint density at radius 2 is 1.92 bits per heavy atom. The van der Waals surface area contributed by atoms with E-state index in [0.717, 1.165) is 0 Å². The molecule has 0 aromatic carbocycles. The van der Waals surface area contributed by atoms with Crippen molar-refractivity contribution in [2.24, 2.45) is 5.84 Å². The van der Waals surface area contributed by atoms with Crippen LogP contribution < -0.4 is 22.7 Å². The molecule has 68 valence electrons. The van der Waals surface area contributed by atoms with Crippen molar-refractivity contribution in [3.8, 4) is 0 Å². The highest BCUT2D eigenvalue weighted by Crippen LogP contribution is 2.06. The zero-order valence-corrected chi connectivity index (χ0v) is 6.47. The van der Waals surface area contributed by atoms with Gasteiger partial charge < -0.3 is 11.5 Å². The minimum Gasteiger partial charge on any atom is -0.368 e. The van der Waals surface area contributed by atoms with E-state index in [1.54, 1.807) is 0 Å². The van der Waals surface area contributed by atoms with Crippen LogP contribution >= 0.6 is 0 Å². The van der Waals surface area contributed by atoms with E-state index in [-0.39, 0.29) is 23.6 Å². The maximum absolute atomic E-state index is 5.49. The van der Waals surface area contributed by atoms with E-state index >= 15 is 0 Å². The molecule has 7 N–H and O–H groups in total. The molecule has 0 bridgehead atoms. The highest BCUT2D eigenvalue weighted by molar-refractivity contribution is 5.44. The topological polar surface area (TPSA) is 146 Å². The lowest BCUT2D eigenvalue weighted by atomic mass is 10.9. The second-order valence-electron chi connectivity index (χ2n) is 2.23. The number of anilines is 3. The van der Waals surface area contributed by atoms with Crippen LogP contribution in [0, 0.1) is 0 Å². The van der Waals surface area contributed by atoms with Gasteiger partial charge in [0.2, 0.25) is 11.9 Å². The molecule has 0 aliphatic heterocycles. The fourth-order valence-corrected chi connectivity index (χ4v) is 0.883. The summed E-state index contributed by atoms with van der Waals surface area (Å²) in [5.74, 6) is 5.69. The first-order valence-electron chi connectivity index (χ1n) is 3.33. The van der Waals surface area contributed by atoms with Crippen molar-refractivity contribution in [3.63, 3.8) is 0 Å². The Morgan fingerprint density at radius 1 is 1.15 bits per heavy atom. The number of nitrogens with zero attached hydrogens (tertiary/aromatic N) is 5. The molecule has 0 amide bonds. The van der Waals surface area contributed by atoms with Crippen LogP contribution in [0.15, 0.2) is 0 Å². The number of aromatic nitrogens is 5. The molecule has 0 aliphatic carbocycles. The number of hydrogen-bond acceptors (Lipinski definition) is 8. The molecule has 9 nitrogen and oxygen atoms in total. The third kappa shape index (κ3) is 1.06. The molecule has 0 spiro atoms. The van der Waals surface area contributed by atoms with E-state index in [1.165, 1.54) is 4.52 Å². The maximum Gasteiger partial charge on any atom is 0.260 e. The number of hydrazine groups is 1. The zero-order chi connectivity index (χ0) is 9.42. The number of nitrogens with one attached hydrogen (secondary N) is 1. The molecule has 9 heteroatoms. The summed E-state index contributed by atoms with van der Waals surface area (Å²) >= 11 is 0. The summed E-state index contributed by atoms with van der Waals surface area (Å²) in [6.07, 6.45) is 0. The second kappa shape index (κ2) is 2.42. The summed E-state index contributed by atoms with van der Waals surface area (Å²) in [7, 11) is 0. The highest BCUT2D eigenvalue weighted by Gasteiger charge is 2.07. The molecule has 0 unspecified atom stereocenters. The highest BCUT2D eigenvalue weighted by atomic mass is 15.5. The van der Waals surface area contributed by atoms with Crippen LogP contribution in [0.25, 0.3) is 5.78 Å². The van der Waals surface area contributed by atoms with Crippen molar-refractivity contribution in [1.82, 2.24) is 24.6 Å². The van der Waals surface area contributed by atoms with Gasteiger partial charge >= 0.3 is 0 Å². The number of rotatable bonds is 1. The molecule has 2 aromatic heterocycles. The van der Waals surface area contributed by atoms with Crippen LogP contribution in [0.3, 0.4) is 0 Å². The molecule has 0 aliphatic rings. The Morgan fingerprint density at radius 3 is 2.62 bits per heavy atom. The molecular weight excluding hydrogens is 174 g/mol. The van der Waals surface area contributed by atoms with Crippen LogP contribution in [-0.4, -0.2) is 24.6 Å². The smallest absolute Gasteiger partial charge is 0.260 e. The average molecular weight is 181 g/mol. The summed E-state index contributed by atoms with van der Waals surface area (Å²) in [5, 5.41) is 3.84. The Kier molecular flexibility index (Phi) is 1.39. The van der Waals surface area contributed by atoms with Crippen LogP contribution in [0.2, 0.25) is 0 Å². The number of hydrogen-bond donors (Lipinski definition) is 4. The summed E-state index contributed by atoms with van der Waals surface area (Å²) < 4.78 is 1.23. The van der Waals surface area contributed by atoms with E-state index in [4.69, 9.17) is 17.3 Å². The van der Waals surface area contributed by atoms with Gasteiger partial charge in [0.25, 0.3) is 11.7 Å². The first-order chi connectivity index (χ1) is 6.20. The van der Waals surface area contributed by atoms with Gasteiger partial charge in [-0.2, -0.15) is 19.5 Å². The first kappa shape index (κ1) is 7.49. The molecule has 0 radical (unpaired) electrons. The maximum atomic E-state index is 5.49. The van der Waals surface area contributed by atoms with Crippen LogP contribution in [0.5, 0.6) is 0 Å². The first-order valence-corrected chi connectivity index (χ1v) is 3.33. The Bertz CT molecular complexity index is 444. The fourth-order valence-electron chi connectivity index (χ4n) is 0.883. The molecule has 2 aromatic rings. The minimum atomic E-state index is 0.0426. The van der Waals surface area contributed by atoms with E-state index < -0.39 is 0 Å². The lowest BCUT2D eigenvalue weighted by Gasteiger charge is -1.95. The molecule has 0 saturated heterocycles. The van der Waals surface area contributed by atoms with Gasteiger partial charge in [0, 0.05) is 0 Å². The SMILES string of the molecule is NNc1nc2nc(N)nc(N)n2n1. The molecule has 0 atom stereocenters. The summed E-state index contributed by atoms with van der Waals surface area (Å²) in [6, 6.07) is 0. The summed E-state index contributed by atoms with van der Waals surface area (Å²) in [5.41, 5.74) is 13.1. The largest absolute Gasteiger partial charge is 0.368 e. The van der Waals surface area contributed by atoms with E-state index in [1.807, 2.05) is 0 Å².